The summed E-state index contributed by atoms with van der Waals surface area (Å²) in [4.78, 5) is 13.5. The number of alkyl halides is 2. The van der Waals surface area contributed by atoms with E-state index in [0.29, 0.717) is 22.8 Å². The third-order valence-electron chi connectivity index (χ3n) is 2.04. The van der Waals surface area contributed by atoms with Crippen molar-refractivity contribution in [1.29, 1.82) is 0 Å². The van der Waals surface area contributed by atoms with Gasteiger partial charge in [-0.3, -0.25) is 4.79 Å². The summed E-state index contributed by atoms with van der Waals surface area (Å²) < 4.78 is 28.5. The Balaban J connectivity index is 2.61. The summed E-state index contributed by atoms with van der Waals surface area (Å²) in [5.41, 5.74) is 0.900. The number of H-pyrrole nitrogens is 1. The molecule has 0 amide bonds. The average molecular weight is 211 g/mol. The van der Waals surface area contributed by atoms with Crippen molar-refractivity contribution in [2.75, 3.05) is 0 Å². The fourth-order valence-electron chi connectivity index (χ4n) is 1.46. The molecule has 0 aliphatic heterocycles. The smallest absolute Gasteiger partial charge is 0.387 e. The standard InChI is InChI=1S/C10H7F2NO2/c11-10(12)15-8-3-1-2-7-9(8)6(5-14)4-13-7/h1-5,10,13H. The number of aldehydes is 1. The van der Waals surface area contributed by atoms with E-state index in [1.807, 2.05) is 0 Å². The van der Waals surface area contributed by atoms with Crippen LogP contribution in [0.15, 0.2) is 24.4 Å². The molecular weight excluding hydrogens is 204 g/mol. The average Bonchev–Trinajstić information content (AvgIpc) is 2.61. The van der Waals surface area contributed by atoms with Crippen molar-refractivity contribution in [3.05, 3.63) is 30.0 Å². The second-order valence-electron chi connectivity index (χ2n) is 2.92. The largest absolute Gasteiger partial charge is 0.434 e. The van der Waals surface area contributed by atoms with Crippen LogP contribution in [0.25, 0.3) is 10.9 Å². The van der Waals surface area contributed by atoms with E-state index in [0.717, 1.165) is 0 Å². The van der Waals surface area contributed by atoms with E-state index in [4.69, 9.17) is 0 Å². The molecule has 15 heavy (non-hydrogen) atoms. The molecule has 1 aromatic heterocycles. The monoisotopic (exact) mass is 211 g/mol. The first-order valence-electron chi connectivity index (χ1n) is 4.22. The molecule has 0 bridgehead atoms. The minimum absolute atomic E-state index is 0.00542. The number of ether oxygens (including phenoxy) is 1. The summed E-state index contributed by atoms with van der Waals surface area (Å²) in [6, 6.07) is 4.65. The van der Waals surface area contributed by atoms with Crippen LogP contribution >= 0.6 is 0 Å². The van der Waals surface area contributed by atoms with E-state index in [-0.39, 0.29) is 5.75 Å². The van der Waals surface area contributed by atoms with Crippen molar-refractivity contribution >= 4 is 17.2 Å². The van der Waals surface area contributed by atoms with Gasteiger partial charge in [-0.25, -0.2) is 0 Å². The summed E-state index contributed by atoms with van der Waals surface area (Å²) in [5, 5.41) is 0.382. The molecule has 78 valence electrons. The highest BCUT2D eigenvalue weighted by Crippen LogP contribution is 2.28. The van der Waals surface area contributed by atoms with Gasteiger partial charge in [-0.05, 0) is 12.1 Å². The third-order valence-corrected chi connectivity index (χ3v) is 2.04. The first-order chi connectivity index (χ1) is 7.22. The number of aromatic nitrogens is 1. The molecule has 0 fully saturated rings. The van der Waals surface area contributed by atoms with Crippen LogP contribution in [-0.2, 0) is 0 Å². The van der Waals surface area contributed by atoms with Gasteiger partial charge in [0.15, 0.2) is 6.29 Å². The number of hydrogen-bond acceptors (Lipinski definition) is 2. The van der Waals surface area contributed by atoms with Crippen LogP contribution in [0.4, 0.5) is 8.78 Å². The normalized spacial score (nSPS) is 10.9. The van der Waals surface area contributed by atoms with Gasteiger partial charge in [0.2, 0.25) is 0 Å². The molecule has 0 aliphatic rings. The number of fused-ring (bicyclic) bond motifs is 1. The van der Waals surface area contributed by atoms with Gasteiger partial charge in [-0.15, -0.1) is 0 Å². The van der Waals surface area contributed by atoms with E-state index in [9.17, 15) is 13.6 Å². The number of carbonyl (C=O) groups excluding carboxylic acids is 1. The van der Waals surface area contributed by atoms with Gasteiger partial charge >= 0.3 is 6.61 Å². The summed E-state index contributed by atoms with van der Waals surface area (Å²) in [7, 11) is 0. The van der Waals surface area contributed by atoms with Gasteiger partial charge in [0.05, 0.1) is 5.39 Å². The maximum Gasteiger partial charge on any atom is 0.387 e. The van der Waals surface area contributed by atoms with Crippen molar-refractivity contribution in [1.82, 2.24) is 4.98 Å². The first kappa shape index (κ1) is 9.64. The number of halogens is 2. The number of nitrogens with one attached hydrogen (secondary N) is 1. The van der Waals surface area contributed by atoms with Gasteiger partial charge in [0, 0.05) is 17.3 Å². The number of carbonyl (C=O) groups is 1. The molecule has 0 radical (unpaired) electrons. The zero-order valence-electron chi connectivity index (χ0n) is 7.54. The molecule has 2 aromatic rings. The highest BCUT2D eigenvalue weighted by atomic mass is 19.3. The molecular formula is C10H7F2NO2. The lowest BCUT2D eigenvalue weighted by molar-refractivity contribution is -0.0488. The topological polar surface area (TPSA) is 42.1 Å². The summed E-state index contributed by atoms with van der Waals surface area (Å²) in [6.07, 6.45) is 2.05. The Bertz CT molecular complexity index is 493. The minimum atomic E-state index is -2.90. The Morgan fingerprint density at radius 1 is 1.40 bits per heavy atom. The Hall–Kier alpha value is -1.91. The number of aromatic amines is 1. The Morgan fingerprint density at radius 2 is 2.20 bits per heavy atom. The lowest BCUT2D eigenvalue weighted by Crippen LogP contribution is -2.02. The van der Waals surface area contributed by atoms with Gasteiger partial charge < -0.3 is 9.72 Å². The van der Waals surface area contributed by atoms with Gasteiger partial charge in [0.1, 0.15) is 5.75 Å². The fourth-order valence-corrected chi connectivity index (χ4v) is 1.46. The SMILES string of the molecule is O=Cc1c[nH]c2cccc(OC(F)F)c12. The molecule has 0 atom stereocenters. The van der Waals surface area contributed by atoms with Crippen molar-refractivity contribution in [3.8, 4) is 5.75 Å². The summed E-state index contributed by atoms with van der Waals surface area (Å²) >= 11 is 0. The highest BCUT2D eigenvalue weighted by Gasteiger charge is 2.12. The second kappa shape index (κ2) is 3.68. The van der Waals surface area contributed by atoms with E-state index in [2.05, 4.69) is 9.72 Å². The highest BCUT2D eigenvalue weighted by molar-refractivity contribution is 6.00. The zero-order chi connectivity index (χ0) is 10.8. The fraction of sp³-hybridized carbons (Fsp3) is 0.100. The summed E-state index contributed by atoms with van der Waals surface area (Å²) in [5.74, 6) is 0.00542. The lowest BCUT2D eigenvalue weighted by atomic mass is 10.2. The molecule has 0 aliphatic carbocycles. The van der Waals surface area contributed by atoms with Crippen LogP contribution in [0.1, 0.15) is 10.4 Å². The molecule has 0 saturated heterocycles. The zero-order valence-corrected chi connectivity index (χ0v) is 7.54. The molecule has 1 N–H and O–H groups in total. The van der Waals surface area contributed by atoms with Crippen LogP contribution in [0.3, 0.4) is 0 Å². The lowest BCUT2D eigenvalue weighted by Gasteiger charge is -2.05. The maximum absolute atomic E-state index is 12.1. The first-order valence-corrected chi connectivity index (χ1v) is 4.22. The van der Waals surface area contributed by atoms with E-state index < -0.39 is 6.61 Å². The Kier molecular flexibility index (Phi) is 2.37. The molecule has 5 heteroatoms. The summed E-state index contributed by atoms with van der Waals surface area (Å²) in [6.45, 7) is -2.90. The van der Waals surface area contributed by atoms with Crippen LogP contribution < -0.4 is 4.74 Å². The van der Waals surface area contributed by atoms with E-state index in [1.54, 1.807) is 12.1 Å². The Morgan fingerprint density at radius 3 is 2.87 bits per heavy atom. The number of hydrogen-bond donors (Lipinski definition) is 1. The molecule has 0 saturated carbocycles. The maximum atomic E-state index is 12.1. The second-order valence-corrected chi connectivity index (χ2v) is 2.92. The van der Waals surface area contributed by atoms with Crippen LogP contribution in [0.2, 0.25) is 0 Å². The molecule has 2 rings (SSSR count). The van der Waals surface area contributed by atoms with Crippen molar-refractivity contribution in [3.63, 3.8) is 0 Å². The predicted molar refractivity (Wildman–Crippen MR) is 50.3 cm³/mol. The van der Waals surface area contributed by atoms with Crippen molar-refractivity contribution < 1.29 is 18.3 Å². The van der Waals surface area contributed by atoms with Gasteiger partial charge in [0.25, 0.3) is 0 Å². The number of rotatable bonds is 3. The van der Waals surface area contributed by atoms with E-state index in [1.165, 1.54) is 12.3 Å². The quantitative estimate of drug-likeness (QED) is 0.793. The third kappa shape index (κ3) is 1.68. The van der Waals surface area contributed by atoms with Crippen LogP contribution in [0, 0.1) is 0 Å². The molecule has 0 spiro atoms. The number of benzene rings is 1. The molecule has 1 heterocycles. The molecule has 0 unspecified atom stereocenters. The van der Waals surface area contributed by atoms with Crippen LogP contribution in [-0.4, -0.2) is 17.9 Å². The molecule has 3 nitrogen and oxygen atoms in total. The van der Waals surface area contributed by atoms with Crippen LogP contribution in [0.5, 0.6) is 5.75 Å². The minimum Gasteiger partial charge on any atom is -0.434 e. The van der Waals surface area contributed by atoms with Crippen molar-refractivity contribution in [2.24, 2.45) is 0 Å². The van der Waals surface area contributed by atoms with Crippen molar-refractivity contribution in [2.45, 2.75) is 6.61 Å². The predicted octanol–water partition coefficient (Wildman–Crippen LogP) is 2.58. The van der Waals surface area contributed by atoms with E-state index >= 15 is 0 Å². The van der Waals surface area contributed by atoms with Gasteiger partial charge in [-0.2, -0.15) is 8.78 Å². The molecule has 1 aromatic carbocycles. The van der Waals surface area contributed by atoms with Gasteiger partial charge in [-0.1, -0.05) is 6.07 Å². The Labute approximate surface area is 83.7 Å².